The van der Waals surface area contributed by atoms with Crippen molar-refractivity contribution in [2.75, 3.05) is 26.6 Å². The normalized spacial score (nSPS) is 12.4. The molecule has 0 aliphatic carbocycles. The summed E-state index contributed by atoms with van der Waals surface area (Å²) in [5, 5.41) is 13.9. The second kappa shape index (κ2) is 8.11. The lowest BCUT2D eigenvalue weighted by molar-refractivity contribution is -0.384. The highest BCUT2D eigenvalue weighted by molar-refractivity contribution is 7.54. The maximum atomic E-state index is 12.9. The number of methoxy groups -OCH3 is 1. The Hall–Kier alpha value is -2.41. The first-order valence-electron chi connectivity index (χ1n) is 7.29. The van der Waals surface area contributed by atoms with Crippen LogP contribution < -0.4 is 10.1 Å². The van der Waals surface area contributed by atoms with E-state index < -0.39 is 18.3 Å². The largest absolute Gasteiger partial charge is 0.497 e. The van der Waals surface area contributed by atoms with Crippen LogP contribution in [0.1, 0.15) is 11.3 Å². The molecule has 0 spiro atoms. The van der Waals surface area contributed by atoms with E-state index in [1.54, 1.807) is 31.4 Å². The zero-order chi connectivity index (χ0) is 18.4. The van der Waals surface area contributed by atoms with E-state index in [1.807, 2.05) is 0 Å². The molecule has 0 heterocycles. The molecule has 134 valence electrons. The van der Waals surface area contributed by atoms with Gasteiger partial charge in [-0.15, -0.1) is 0 Å². The van der Waals surface area contributed by atoms with Crippen LogP contribution in [-0.4, -0.2) is 26.3 Å². The Morgan fingerprint density at radius 3 is 2.00 bits per heavy atom. The molecule has 8 nitrogen and oxygen atoms in total. The third-order valence-corrected chi connectivity index (χ3v) is 5.72. The summed E-state index contributed by atoms with van der Waals surface area (Å²) in [5.41, 5.74) is 1.14. The molecule has 0 aromatic heterocycles. The number of nitrogens with one attached hydrogen (secondary N) is 1. The number of hydrogen-bond donors (Lipinski definition) is 1. The van der Waals surface area contributed by atoms with E-state index in [0.29, 0.717) is 17.0 Å². The third-order valence-electron chi connectivity index (χ3n) is 3.64. The number of non-ortho nitro benzene ring substituents is 1. The number of nitro benzene ring substituents is 1. The molecule has 9 heteroatoms. The Labute approximate surface area is 145 Å². The number of nitro groups is 1. The summed E-state index contributed by atoms with van der Waals surface area (Å²) in [5.74, 6) is -0.157. The number of rotatable bonds is 8. The molecule has 25 heavy (non-hydrogen) atoms. The molecule has 2 rings (SSSR count). The van der Waals surface area contributed by atoms with Gasteiger partial charge < -0.3 is 19.1 Å². The van der Waals surface area contributed by atoms with Gasteiger partial charge in [-0.25, -0.2) is 0 Å². The number of hydrogen-bond acceptors (Lipinski definition) is 7. The van der Waals surface area contributed by atoms with E-state index in [9.17, 15) is 14.7 Å². The van der Waals surface area contributed by atoms with E-state index in [-0.39, 0.29) is 5.69 Å². The molecule has 0 aliphatic rings. The summed E-state index contributed by atoms with van der Waals surface area (Å²) in [6.07, 6.45) is 0. The minimum Gasteiger partial charge on any atom is -0.497 e. The fraction of sp³-hybridized carbons (Fsp3) is 0.250. The summed E-state index contributed by atoms with van der Waals surface area (Å²) < 4.78 is 28.3. The highest BCUT2D eigenvalue weighted by Gasteiger charge is 2.35. The molecule has 0 fully saturated rings. The van der Waals surface area contributed by atoms with Crippen LogP contribution in [0.5, 0.6) is 5.75 Å². The quantitative estimate of drug-likeness (QED) is 0.424. The first-order chi connectivity index (χ1) is 11.9. The van der Waals surface area contributed by atoms with Crippen molar-refractivity contribution in [2.45, 2.75) is 5.78 Å². The Morgan fingerprint density at radius 1 is 1.00 bits per heavy atom. The van der Waals surface area contributed by atoms with Crippen LogP contribution in [0.25, 0.3) is 0 Å². The third kappa shape index (κ3) is 4.36. The van der Waals surface area contributed by atoms with Gasteiger partial charge in [0.2, 0.25) is 0 Å². The van der Waals surface area contributed by atoms with Crippen LogP contribution in [0.4, 0.5) is 11.4 Å². The molecule has 0 bridgehead atoms. The van der Waals surface area contributed by atoms with Crippen molar-refractivity contribution in [1.82, 2.24) is 0 Å². The van der Waals surface area contributed by atoms with Crippen molar-refractivity contribution >= 4 is 19.0 Å². The second-order valence-electron chi connectivity index (χ2n) is 5.03. The molecular formula is C16H19N2O6P. The number of anilines is 1. The molecule has 1 atom stereocenters. The van der Waals surface area contributed by atoms with Crippen molar-refractivity contribution < 1.29 is 23.3 Å². The Bertz CT molecular complexity index is 755. The van der Waals surface area contributed by atoms with Crippen LogP contribution in [-0.2, 0) is 13.6 Å². The van der Waals surface area contributed by atoms with Crippen molar-refractivity contribution in [3.63, 3.8) is 0 Å². The predicted molar refractivity (Wildman–Crippen MR) is 94.1 cm³/mol. The van der Waals surface area contributed by atoms with Crippen LogP contribution in [0, 0.1) is 10.1 Å². The van der Waals surface area contributed by atoms with Gasteiger partial charge >= 0.3 is 7.60 Å². The SMILES string of the molecule is COc1ccc(NC(c2ccc([N+](=O)[O-])cc2)P(=O)(OC)OC)cc1. The molecule has 0 radical (unpaired) electrons. The molecule has 0 amide bonds. The summed E-state index contributed by atoms with van der Waals surface area (Å²) in [7, 11) is 0.593. The Balaban J connectivity index is 2.38. The van der Waals surface area contributed by atoms with Crippen LogP contribution in [0.3, 0.4) is 0 Å². The highest BCUT2D eigenvalue weighted by atomic mass is 31.2. The fourth-order valence-electron chi connectivity index (χ4n) is 2.25. The Kier molecular flexibility index (Phi) is 6.14. The van der Waals surface area contributed by atoms with Crippen molar-refractivity contribution in [3.8, 4) is 5.75 Å². The smallest absolute Gasteiger partial charge is 0.356 e. The topological polar surface area (TPSA) is 99.9 Å². The molecule has 2 aromatic rings. The van der Waals surface area contributed by atoms with Crippen molar-refractivity contribution in [3.05, 3.63) is 64.2 Å². The van der Waals surface area contributed by atoms with Gasteiger partial charge in [0.25, 0.3) is 5.69 Å². The lowest BCUT2D eigenvalue weighted by Crippen LogP contribution is -2.13. The minimum atomic E-state index is -3.55. The first kappa shape index (κ1) is 18.9. The first-order valence-corrected chi connectivity index (χ1v) is 8.91. The van der Waals surface area contributed by atoms with Gasteiger partial charge in [0, 0.05) is 32.0 Å². The molecular weight excluding hydrogens is 347 g/mol. The van der Waals surface area contributed by atoms with E-state index >= 15 is 0 Å². The lowest BCUT2D eigenvalue weighted by atomic mass is 10.2. The molecule has 1 unspecified atom stereocenters. The summed E-state index contributed by atoms with van der Waals surface area (Å²) >= 11 is 0. The van der Waals surface area contributed by atoms with Crippen LogP contribution >= 0.6 is 7.60 Å². The van der Waals surface area contributed by atoms with E-state index in [4.69, 9.17) is 13.8 Å². The van der Waals surface area contributed by atoms with Gasteiger partial charge in [-0.2, -0.15) is 0 Å². The van der Waals surface area contributed by atoms with Gasteiger partial charge in [0.05, 0.1) is 12.0 Å². The van der Waals surface area contributed by atoms with Gasteiger partial charge in [-0.1, -0.05) is 0 Å². The van der Waals surface area contributed by atoms with Crippen molar-refractivity contribution in [1.29, 1.82) is 0 Å². The molecule has 2 aromatic carbocycles. The zero-order valence-corrected chi connectivity index (χ0v) is 14.9. The number of nitrogens with zero attached hydrogens (tertiary/aromatic N) is 1. The van der Waals surface area contributed by atoms with E-state index in [1.165, 1.54) is 38.5 Å². The predicted octanol–water partition coefficient (Wildman–Crippen LogP) is 4.20. The van der Waals surface area contributed by atoms with Crippen LogP contribution in [0.2, 0.25) is 0 Å². The summed E-state index contributed by atoms with van der Waals surface area (Å²) in [6, 6.07) is 12.7. The zero-order valence-electron chi connectivity index (χ0n) is 14.0. The average molecular weight is 366 g/mol. The van der Waals surface area contributed by atoms with Gasteiger partial charge in [-0.3, -0.25) is 14.7 Å². The lowest BCUT2D eigenvalue weighted by Gasteiger charge is -2.26. The highest BCUT2D eigenvalue weighted by Crippen LogP contribution is 2.59. The van der Waals surface area contributed by atoms with Gasteiger partial charge in [0.15, 0.2) is 5.78 Å². The summed E-state index contributed by atoms with van der Waals surface area (Å²) in [4.78, 5) is 10.3. The van der Waals surface area contributed by atoms with E-state index in [0.717, 1.165) is 0 Å². The monoisotopic (exact) mass is 366 g/mol. The van der Waals surface area contributed by atoms with Crippen molar-refractivity contribution in [2.24, 2.45) is 0 Å². The number of ether oxygens (including phenoxy) is 1. The molecule has 0 saturated carbocycles. The maximum Gasteiger partial charge on any atom is 0.356 e. The van der Waals surface area contributed by atoms with Gasteiger partial charge in [-0.05, 0) is 42.0 Å². The minimum absolute atomic E-state index is 0.0587. The molecule has 0 aliphatic heterocycles. The standard InChI is InChI=1S/C16H19N2O6P/c1-22-15-10-6-13(7-11-15)17-16(25(21,23-2)24-3)12-4-8-14(9-5-12)18(19)20/h4-11,16-17H,1-3H3. The fourth-order valence-corrected chi connectivity index (χ4v) is 3.67. The van der Waals surface area contributed by atoms with Crippen LogP contribution in [0.15, 0.2) is 48.5 Å². The molecule has 1 N–H and O–H groups in total. The van der Waals surface area contributed by atoms with E-state index in [2.05, 4.69) is 5.32 Å². The Morgan fingerprint density at radius 2 is 1.56 bits per heavy atom. The molecule has 0 saturated heterocycles. The van der Waals surface area contributed by atoms with Gasteiger partial charge in [0.1, 0.15) is 5.75 Å². The maximum absolute atomic E-state index is 12.9. The average Bonchev–Trinajstić information content (AvgIpc) is 2.66. The second-order valence-corrected chi connectivity index (χ2v) is 7.36. The summed E-state index contributed by atoms with van der Waals surface area (Å²) in [6.45, 7) is 0. The number of benzene rings is 2.